The Bertz CT molecular complexity index is 443. The van der Waals surface area contributed by atoms with E-state index in [9.17, 15) is 4.79 Å². The number of carbonyl (C=O) groups is 1. The van der Waals surface area contributed by atoms with Crippen molar-refractivity contribution in [3.05, 3.63) is 42.5 Å². The molecule has 0 aliphatic carbocycles. The lowest BCUT2D eigenvalue weighted by Gasteiger charge is -2.18. The van der Waals surface area contributed by atoms with Crippen LogP contribution in [-0.4, -0.2) is 31.0 Å². The first-order valence-corrected chi connectivity index (χ1v) is 7.33. The summed E-state index contributed by atoms with van der Waals surface area (Å²) in [5.41, 5.74) is 6.65. The van der Waals surface area contributed by atoms with E-state index in [1.165, 1.54) is 0 Å². The predicted octanol–water partition coefficient (Wildman–Crippen LogP) is 2.58. The van der Waals surface area contributed by atoms with Gasteiger partial charge in [-0.15, -0.1) is 0 Å². The highest BCUT2D eigenvalue weighted by Gasteiger charge is 2.11. The molecule has 0 bridgehead atoms. The Morgan fingerprint density at radius 1 is 1.43 bits per heavy atom. The molecule has 0 aromatic heterocycles. The lowest BCUT2D eigenvalue weighted by atomic mass is 10.1. The third kappa shape index (κ3) is 6.45. The van der Waals surface area contributed by atoms with Gasteiger partial charge in [-0.2, -0.15) is 0 Å². The van der Waals surface area contributed by atoms with Crippen LogP contribution in [0, 0.1) is 5.92 Å². The summed E-state index contributed by atoms with van der Waals surface area (Å²) in [5, 5.41) is 0. The van der Waals surface area contributed by atoms with Crippen molar-refractivity contribution in [1.29, 1.82) is 0 Å². The molecule has 1 aromatic rings. The molecule has 1 aromatic carbocycles. The Morgan fingerprint density at radius 3 is 2.67 bits per heavy atom. The Labute approximate surface area is 127 Å². The topological polar surface area (TPSA) is 55.6 Å². The molecule has 4 nitrogen and oxygen atoms in total. The standard InChI is InChI=1S/C17H26N2O2/c1-4-11-21-16-8-6-15(7-9-16)13-19(3)17(20)10-5-14(2)12-18/h4,6-9,14H,1,5,10-13,18H2,2-3H3. The molecule has 0 radical (unpaired) electrons. The zero-order chi connectivity index (χ0) is 15.7. The van der Waals surface area contributed by atoms with Crippen LogP contribution in [-0.2, 0) is 11.3 Å². The summed E-state index contributed by atoms with van der Waals surface area (Å²) in [7, 11) is 1.83. The number of nitrogens with two attached hydrogens (primary N) is 1. The van der Waals surface area contributed by atoms with Crippen molar-refractivity contribution in [1.82, 2.24) is 4.90 Å². The number of amides is 1. The molecule has 0 aliphatic heterocycles. The van der Waals surface area contributed by atoms with E-state index in [1.807, 2.05) is 31.3 Å². The summed E-state index contributed by atoms with van der Waals surface area (Å²) in [6.07, 6.45) is 3.10. The quantitative estimate of drug-likeness (QED) is 0.711. The molecule has 0 spiro atoms. The second-order valence-corrected chi connectivity index (χ2v) is 5.37. The summed E-state index contributed by atoms with van der Waals surface area (Å²) >= 11 is 0. The van der Waals surface area contributed by atoms with Gasteiger partial charge in [-0.25, -0.2) is 0 Å². The number of carbonyl (C=O) groups excluding carboxylic acids is 1. The van der Waals surface area contributed by atoms with Gasteiger partial charge >= 0.3 is 0 Å². The Balaban J connectivity index is 2.44. The molecule has 21 heavy (non-hydrogen) atoms. The highest BCUT2D eigenvalue weighted by atomic mass is 16.5. The third-order valence-corrected chi connectivity index (χ3v) is 3.39. The van der Waals surface area contributed by atoms with Crippen molar-refractivity contribution in [3.8, 4) is 5.75 Å². The second-order valence-electron chi connectivity index (χ2n) is 5.37. The van der Waals surface area contributed by atoms with Crippen molar-refractivity contribution >= 4 is 5.91 Å². The van der Waals surface area contributed by atoms with Crippen LogP contribution in [0.3, 0.4) is 0 Å². The third-order valence-electron chi connectivity index (χ3n) is 3.39. The smallest absolute Gasteiger partial charge is 0.222 e. The Morgan fingerprint density at radius 2 is 2.10 bits per heavy atom. The summed E-state index contributed by atoms with van der Waals surface area (Å²) in [5.74, 6) is 1.36. The molecule has 1 atom stereocenters. The van der Waals surface area contributed by atoms with Crippen LogP contribution < -0.4 is 10.5 Å². The molecule has 4 heteroatoms. The van der Waals surface area contributed by atoms with Crippen LogP contribution in [0.1, 0.15) is 25.3 Å². The highest BCUT2D eigenvalue weighted by molar-refractivity contribution is 5.75. The van der Waals surface area contributed by atoms with Gasteiger partial charge in [0.25, 0.3) is 0 Å². The number of hydrogen-bond donors (Lipinski definition) is 1. The molecule has 0 heterocycles. The summed E-state index contributed by atoms with van der Waals surface area (Å²) in [4.78, 5) is 13.8. The average molecular weight is 290 g/mol. The van der Waals surface area contributed by atoms with E-state index >= 15 is 0 Å². The van der Waals surface area contributed by atoms with E-state index in [0.29, 0.717) is 32.0 Å². The fraction of sp³-hybridized carbons (Fsp3) is 0.471. The monoisotopic (exact) mass is 290 g/mol. The Kier molecular flexibility index (Phi) is 7.54. The number of nitrogens with zero attached hydrogens (tertiary/aromatic N) is 1. The van der Waals surface area contributed by atoms with Gasteiger partial charge in [0.2, 0.25) is 5.91 Å². The molecule has 116 valence electrons. The molecule has 0 fully saturated rings. The molecule has 2 N–H and O–H groups in total. The number of benzene rings is 1. The van der Waals surface area contributed by atoms with Crippen LogP contribution in [0.25, 0.3) is 0 Å². The summed E-state index contributed by atoms with van der Waals surface area (Å²) in [6.45, 7) is 7.41. The van der Waals surface area contributed by atoms with Gasteiger partial charge in [0.15, 0.2) is 0 Å². The minimum absolute atomic E-state index is 0.155. The first-order chi connectivity index (χ1) is 10.1. The molecule has 0 aliphatic rings. The van der Waals surface area contributed by atoms with Gasteiger partial charge in [0.05, 0.1) is 0 Å². The van der Waals surface area contributed by atoms with E-state index < -0.39 is 0 Å². The molecular formula is C17H26N2O2. The SMILES string of the molecule is C=CCOc1ccc(CN(C)C(=O)CCC(C)CN)cc1. The van der Waals surface area contributed by atoms with Crippen molar-refractivity contribution in [3.63, 3.8) is 0 Å². The van der Waals surface area contributed by atoms with E-state index in [2.05, 4.69) is 13.5 Å². The minimum Gasteiger partial charge on any atom is -0.490 e. The first-order valence-electron chi connectivity index (χ1n) is 7.33. The summed E-state index contributed by atoms with van der Waals surface area (Å²) < 4.78 is 5.43. The van der Waals surface area contributed by atoms with Crippen molar-refractivity contribution in [2.75, 3.05) is 20.2 Å². The van der Waals surface area contributed by atoms with Crippen LogP contribution in [0.15, 0.2) is 36.9 Å². The maximum absolute atomic E-state index is 12.0. The highest BCUT2D eigenvalue weighted by Crippen LogP contribution is 2.14. The number of ether oxygens (including phenoxy) is 1. The molecule has 0 saturated heterocycles. The maximum atomic E-state index is 12.0. The van der Waals surface area contributed by atoms with Gasteiger partial charge in [-0.3, -0.25) is 4.79 Å². The normalized spacial score (nSPS) is 11.8. The minimum atomic E-state index is 0.155. The summed E-state index contributed by atoms with van der Waals surface area (Å²) in [6, 6.07) is 7.77. The molecule has 1 rings (SSSR count). The van der Waals surface area contributed by atoms with E-state index in [0.717, 1.165) is 17.7 Å². The van der Waals surface area contributed by atoms with Crippen LogP contribution in [0.2, 0.25) is 0 Å². The van der Waals surface area contributed by atoms with Gasteiger partial charge in [0.1, 0.15) is 12.4 Å². The van der Waals surface area contributed by atoms with E-state index in [1.54, 1.807) is 11.0 Å². The fourth-order valence-electron chi connectivity index (χ4n) is 1.89. The molecule has 0 saturated carbocycles. The lowest BCUT2D eigenvalue weighted by molar-refractivity contribution is -0.130. The predicted molar refractivity (Wildman–Crippen MR) is 86.1 cm³/mol. The van der Waals surface area contributed by atoms with Crippen LogP contribution in [0.5, 0.6) is 5.75 Å². The molecule has 1 unspecified atom stereocenters. The zero-order valence-electron chi connectivity index (χ0n) is 13.0. The Hall–Kier alpha value is -1.81. The van der Waals surface area contributed by atoms with E-state index in [-0.39, 0.29) is 5.91 Å². The number of rotatable bonds is 9. The van der Waals surface area contributed by atoms with Gasteiger partial charge in [0, 0.05) is 20.0 Å². The lowest BCUT2D eigenvalue weighted by Crippen LogP contribution is -2.26. The zero-order valence-corrected chi connectivity index (χ0v) is 13.0. The van der Waals surface area contributed by atoms with Crippen LogP contribution >= 0.6 is 0 Å². The average Bonchev–Trinajstić information content (AvgIpc) is 2.51. The van der Waals surface area contributed by atoms with Crippen molar-refractivity contribution in [2.24, 2.45) is 11.7 Å². The van der Waals surface area contributed by atoms with Crippen molar-refractivity contribution < 1.29 is 9.53 Å². The van der Waals surface area contributed by atoms with Crippen molar-refractivity contribution in [2.45, 2.75) is 26.3 Å². The largest absolute Gasteiger partial charge is 0.490 e. The first kappa shape index (κ1) is 17.2. The van der Waals surface area contributed by atoms with Crippen LogP contribution in [0.4, 0.5) is 0 Å². The van der Waals surface area contributed by atoms with E-state index in [4.69, 9.17) is 10.5 Å². The van der Waals surface area contributed by atoms with Gasteiger partial charge < -0.3 is 15.4 Å². The fourth-order valence-corrected chi connectivity index (χ4v) is 1.89. The van der Waals surface area contributed by atoms with Gasteiger partial charge in [-0.1, -0.05) is 31.7 Å². The molecular weight excluding hydrogens is 264 g/mol. The maximum Gasteiger partial charge on any atom is 0.222 e. The molecule has 1 amide bonds. The second kappa shape index (κ2) is 9.19. The van der Waals surface area contributed by atoms with Gasteiger partial charge in [-0.05, 0) is 36.6 Å². The number of hydrogen-bond acceptors (Lipinski definition) is 3.